The lowest BCUT2D eigenvalue weighted by Crippen LogP contribution is -1.98. The van der Waals surface area contributed by atoms with Gasteiger partial charge in [-0.2, -0.15) is 0 Å². The molecule has 214 valence electrons. The van der Waals surface area contributed by atoms with E-state index < -0.39 is 0 Å². The maximum atomic E-state index is 6.46. The minimum atomic E-state index is 0.905. The van der Waals surface area contributed by atoms with E-state index in [4.69, 9.17) is 4.74 Å². The predicted octanol–water partition coefficient (Wildman–Crippen LogP) is 12.2. The van der Waals surface area contributed by atoms with Crippen LogP contribution < -0.4 is 4.74 Å². The number of rotatable bonds is 3. The molecule has 0 spiro atoms. The third-order valence-corrected chi connectivity index (χ3v) is 9.58. The average molecular weight is 586 g/mol. The third-order valence-electron chi connectivity index (χ3n) is 9.58. The summed E-state index contributed by atoms with van der Waals surface area (Å²) in [4.78, 5) is 0. The molecule has 10 rings (SSSR count). The van der Waals surface area contributed by atoms with E-state index in [0.717, 1.165) is 28.1 Å². The van der Waals surface area contributed by atoms with E-state index in [2.05, 4.69) is 162 Å². The van der Waals surface area contributed by atoms with Crippen molar-refractivity contribution in [2.45, 2.75) is 0 Å². The monoisotopic (exact) mass is 585 g/mol. The molecule has 2 heteroatoms. The van der Waals surface area contributed by atoms with E-state index in [1.54, 1.807) is 0 Å². The lowest BCUT2D eigenvalue weighted by Gasteiger charge is -2.23. The van der Waals surface area contributed by atoms with Crippen molar-refractivity contribution in [3.05, 3.63) is 164 Å². The Bertz CT molecular complexity index is 2660. The molecule has 2 heterocycles. The first-order valence-electron chi connectivity index (χ1n) is 15.8. The predicted molar refractivity (Wildman–Crippen MR) is 192 cm³/mol. The highest BCUT2D eigenvalue weighted by Gasteiger charge is 2.24. The molecule has 1 aliphatic rings. The largest absolute Gasteiger partial charge is 0.456 e. The zero-order chi connectivity index (χ0) is 30.2. The minimum Gasteiger partial charge on any atom is -0.456 e. The fourth-order valence-corrected chi connectivity index (χ4v) is 7.66. The van der Waals surface area contributed by atoms with Crippen LogP contribution in [0.25, 0.3) is 82.4 Å². The van der Waals surface area contributed by atoms with E-state index in [9.17, 15) is 0 Å². The molecule has 0 saturated carbocycles. The van der Waals surface area contributed by atoms with E-state index >= 15 is 0 Å². The van der Waals surface area contributed by atoms with Gasteiger partial charge in [0.1, 0.15) is 11.5 Å². The highest BCUT2D eigenvalue weighted by atomic mass is 16.5. The van der Waals surface area contributed by atoms with E-state index in [-0.39, 0.29) is 0 Å². The van der Waals surface area contributed by atoms with Crippen molar-refractivity contribution in [1.29, 1.82) is 0 Å². The Labute approximate surface area is 266 Å². The Morgan fingerprint density at radius 3 is 1.89 bits per heavy atom. The zero-order valence-corrected chi connectivity index (χ0v) is 24.9. The topological polar surface area (TPSA) is 14.2 Å². The number of fused-ring (bicyclic) bond motifs is 7. The van der Waals surface area contributed by atoms with Gasteiger partial charge in [0.25, 0.3) is 0 Å². The fourth-order valence-electron chi connectivity index (χ4n) is 7.66. The molecule has 1 aromatic heterocycles. The van der Waals surface area contributed by atoms with Gasteiger partial charge in [-0.1, -0.05) is 127 Å². The van der Waals surface area contributed by atoms with Gasteiger partial charge < -0.3 is 9.30 Å². The van der Waals surface area contributed by atoms with Gasteiger partial charge in [0.2, 0.25) is 0 Å². The van der Waals surface area contributed by atoms with Crippen LogP contribution in [0.2, 0.25) is 0 Å². The highest BCUT2D eigenvalue weighted by Crippen LogP contribution is 2.50. The molecular formula is C44H27NO. The van der Waals surface area contributed by atoms with Crippen LogP contribution in [0.1, 0.15) is 0 Å². The van der Waals surface area contributed by atoms with Crippen molar-refractivity contribution >= 4 is 43.4 Å². The van der Waals surface area contributed by atoms with E-state index in [1.807, 2.05) is 6.07 Å². The molecule has 0 atom stereocenters. The molecule has 1 aliphatic heterocycles. The summed E-state index contributed by atoms with van der Waals surface area (Å²) in [5.41, 5.74) is 10.7. The molecule has 46 heavy (non-hydrogen) atoms. The first kappa shape index (κ1) is 25.2. The van der Waals surface area contributed by atoms with Crippen LogP contribution in [-0.4, -0.2) is 4.57 Å². The molecule has 0 unspecified atom stereocenters. The molecule has 0 radical (unpaired) electrons. The standard InChI is InChI=1S/C44H27NO/c1-2-14-29(15-3-1)45-39-23-10-8-20-37(39)43-30-16-5-4-13-28(30)27-38(44(43)45)32-18-7-6-17-31(32)33-25-26-41-42-35(33)21-12-22-36(42)34-19-9-11-24-40(34)46-41/h1-27H. The molecule has 0 N–H and O–H groups in total. The van der Waals surface area contributed by atoms with Crippen molar-refractivity contribution < 1.29 is 4.74 Å². The van der Waals surface area contributed by atoms with Crippen molar-refractivity contribution in [1.82, 2.24) is 4.57 Å². The number of para-hydroxylation sites is 3. The molecule has 0 aliphatic carbocycles. The Morgan fingerprint density at radius 1 is 0.370 bits per heavy atom. The number of aromatic nitrogens is 1. The lowest BCUT2D eigenvalue weighted by molar-refractivity contribution is 0.487. The zero-order valence-electron chi connectivity index (χ0n) is 24.9. The quantitative estimate of drug-likeness (QED) is 0.201. The van der Waals surface area contributed by atoms with Gasteiger partial charge in [0.15, 0.2) is 0 Å². The minimum absolute atomic E-state index is 0.905. The summed E-state index contributed by atoms with van der Waals surface area (Å²) < 4.78 is 8.91. The summed E-state index contributed by atoms with van der Waals surface area (Å²) in [6.45, 7) is 0. The van der Waals surface area contributed by atoms with Crippen LogP contribution >= 0.6 is 0 Å². The highest BCUT2D eigenvalue weighted by molar-refractivity contribution is 6.25. The van der Waals surface area contributed by atoms with E-state index in [1.165, 1.54) is 65.8 Å². The second-order valence-electron chi connectivity index (χ2n) is 12.0. The molecule has 8 aromatic carbocycles. The van der Waals surface area contributed by atoms with Gasteiger partial charge in [-0.3, -0.25) is 0 Å². The van der Waals surface area contributed by atoms with Gasteiger partial charge in [-0.05, 0) is 74.8 Å². The SMILES string of the molecule is c1ccc(-n2c3ccccc3c3c4ccccc4cc(-c4ccccc4-c4ccc5c6c(cccc46)-c4ccccc4O5)c32)cc1. The van der Waals surface area contributed by atoms with Crippen molar-refractivity contribution in [3.8, 4) is 50.6 Å². The summed E-state index contributed by atoms with van der Waals surface area (Å²) in [7, 11) is 0. The third kappa shape index (κ3) is 3.53. The van der Waals surface area contributed by atoms with Crippen LogP contribution in [0.4, 0.5) is 0 Å². The van der Waals surface area contributed by atoms with Gasteiger partial charge in [-0.25, -0.2) is 0 Å². The maximum Gasteiger partial charge on any atom is 0.135 e. The summed E-state index contributed by atoms with van der Waals surface area (Å²) >= 11 is 0. The summed E-state index contributed by atoms with van der Waals surface area (Å²) in [5.74, 6) is 1.81. The Balaban J connectivity index is 1.33. The van der Waals surface area contributed by atoms with Gasteiger partial charge >= 0.3 is 0 Å². The van der Waals surface area contributed by atoms with Crippen LogP contribution in [0.15, 0.2) is 164 Å². The Kier molecular flexibility index (Phi) is 5.31. The Hall–Kier alpha value is -6.12. The van der Waals surface area contributed by atoms with Crippen molar-refractivity contribution in [3.63, 3.8) is 0 Å². The van der Waals surface area contributed by atoms with Crippen LogP contribution in [0, 0.1) is 0 Å². The van der Waals surface area contributed by atoms with Crippen LogP contribution in [0.5, 0.6) is 11.5 Å². The fraction of sp³-hybridized carbons (Fsp3) is 0. The second kappa shape index (κ2) is 9.69. The second-order valence-corrected chi connectivity index (χ2v) is 12.0. The first-order chi connectivity index (χ1) is 22.8. The van der Waals surface area contributed by atoms with Crippen molar-refractivity contribution in [2.24, 2.45) is 0 Å². The normalized spacial score (nSPS) is 12.1. The molecule has 9 aromatic rings. The molecular weight excluding hydrogens is 558 g/mol. The smallest absolute Gasteiger partial charge is 0.135 e. The number of hydrogen-bond donors (Lipinski definition) is 0. The maximum absolute atomic E-state index is 6.46. The van der Waals surface area contributed by atoms with Gasteiger partial charge in [-0.15, -0.1) is 0 Å². The molecule has 0 amide bonds. The van der Waals surface area contributed by atoms with Crippen LogP contribution in [-0.2, 0) is 0 Å². The number of nitrogens with zero attached hydrogens (tertiary/aromatic N) is 1. The van der Waals surface area contributed by atoms with E-state index in [0.29, 0.717) is 0 Å². The van der Waals surface area contributed by atoms with Gasteiger partial charge in [0, 0.05) is 33.0 Å². The van der Waals surface area contributed by atoms with Gasteiger partial charge in [0.05, 0.1) is 11.0 Å². The lowest BCUT2D eigenvalue weighted by atomic mass is 9.87. The summed E-state index contributed by atoms with van der Waals surface area (Å²) in [5, 5.41) is 7.39. The molecule has 0 saturated heterocycles. The average Bonchev–Trinajstić information content (AvgIpc) is 3.48. The first-order valence-corrected chi connectivity index (χ1v) is 15.8. The number of hydrogen-bond acceptors (Lipinski definition) is 1. The van der Waals surface area contributed by atoms with Crippen molar-refractivity contribution in [2.75, 3.05) is 0 Å². The summed E-state index contributed by atoms with van der Waals surface area (Å²) in [6.07, 6.45) is 0. The number of benzene rings is 8. The summed E-state index contributed by atoms with van der Waals surface area (Å²) in [6, 6.07) is 59.0. The Morgan fingerprint density at radius 2 is 1.02 bits per heavy atom. The van der Waals surface area contributed by atoms with Crippen LogP contribution in [0.3, 0.4) is 0 Å². The molecule has 2 nitrogen and oxygen atoms in total. The molecule has 0 bridgehead atoms. The molecule has 0 fully saturated rings. The number of ether oxygens (including phenoxy) is 1.